The van der Waals surface area contributed by atoms with Crippen molar-refractivity contribution in [3.8, 4) is 0 Å². The van der Waals surface area contributed by atoms with Crippen molar-refractivity contribution in [3.05, 3.63) is 71.8 Å². The van der Waals surface area contributed by atoms with Crippen molar-refractivity contribution < 1.29 is 22.8 Å². The fourth-order valence-corrected chi connectivity index (χ4v) is 2.21. The van der Waals surface area contributed by atoms with Gasteiger partial charge in [-0.1, -0.05) is 60.7 Å². The van der Waals surface area contributed by atoms with Crippen LogP contribution < -0.4 is 5.32 Å². The lowest BCUT2D eigenvalue weighted by Crippen LogP contribution is -2.44. The first kappa shape index (κ1) is 18.5. The van der Waals surface area contributed by atoms with Crippen LogP contribution in [0.3, 0.4) is 0 Å². The van der Waals surface area contributed by atoms with E-state index in [2.05, 4.69) is 0 Å². The van der Waals surface area contributed by atoms with E-state index in [1.54, 1.807) is 5.32 Å². The fourth-order valence-electron chi connectivity index (χ4n) is 2.21. The zero-order valence-electron chi connectivity index (χ0n) is 13.3. The summed E-state index contributed by atoms with van der Waals surface area (Å²) in [5.41, 5.74) is 1.68. The van der Waals surface area contributed by atoms with E-state index >= 15 is 0 Å². The van der Waals surface area contributed by atoms with Crippen LogP contribution in [0.4, 0.5) is 13.2 Å². The van der Waals surface area contributed by atoms with Crippen LogP contribution in [0.5, 0.6) is 0 Å². The van der Waals surface area contributed by atoms with Gasteiger partial charge in [-0.25, -0.2) is 0 Å². The van der Waals surface area contributed by atoms with E-state index in [0.29, 0.717) is 0 Å². The Morgan fingerprint density at radius 2 is 1.28 bits per heavy atom. The average Bonchev–Trinajstić information content (AvgIpc) is 2.59. The summed E-state index contributed by atoms with van der Waals surface area (Å²) in [5, 5.41) is 1.62. The number of alkyl halides is 3. The van der Waals surface area contributed by atoms with E-state index < -0.39 is 24.5 Å². The molecule has 0 atom stereocenters. The number of amides is 2. The molecule has 0 saturated heterocycles. The molecule has 0 spiro atoms. The number of benzene rings is 2. The van der Waals surface area contributed by atoms with Gasteiger partial charge in [-0.2, -0.15) is 13.2 Å². The van der Waals surface area contributed by atoms with Crippen LogP contribution in [0.2, 0.25) is 0 Å². The zero-order chi connectivity index (χ0) is 18.3. The van der Waals surface area contributed by atoms with Gasteiger partial charge < -0.3 is 10.2 Å². The molecular weight excluding hydrogens is 333 g/mol. The quantitative estimate of drug-likeness (QED) is 0.871. The molecule has 2 amide bonds. The van der Waals surface area contributed by atoms with E-state index in [0.717, 1.165) is 11.1 Å². The molecule has 0 aromatic heterocycles. The van der Waals surface area contributed by atoms with Crippen LogP contribution in [-0.2, 0) is 22.7 Å². The normalized spacial score (nSPS) is 11.0. The maximum Gasteiger partial charge on any atom is 0.471 e. The lowest BCUT2D eigenvalue weighted by atomic mass is 10.1. The lowest BCUT2D eigenvalue weighted by molar-refractivity contribution is -0.174. The van der Waals surface area contributed by atoms with E-state index in [4.69, 9.17) is 0 Å². The monoisotopic (exact) mass is 350 g/mol. The fraction of sp³-hybridized carbons (Fsp3) is 0.222. The zero-order valence-corrected chi connectivity index (χ0v) is 13.3. The number of carbonyl (C=O) groups excluding carboxylic acids is 2. The van der Waals surface area contributed by atoms with E-state index in [1.807, 2.05) is 60.7 Å². The number of hydrogen-bond donors (Lipinski definition) is 1. The molecule has 0 bridgehead atoms. The SMILES string of the molecule is O=C(CNC(=O)C(F)(F)F)N(Cc1ccccc1)Cc1ccccc1. The lowest BCUT2D eigenvalue weighted by Gasteiger charge is -2.23. The van der Waals surface area contributed by atoms with Crippen LogP contribution in [0.25, 0.3) is 0 Å². The predicted molar refractivity (Wildman–Crippen MR) is 86.2 cm³/mol. The van der Waals surface area contributed by atoms with Gasteiger partial charge in [0.05, 0.1) is 6.54 Å². The summed E-state index contributed by atoms with van der Waals surface area (Å²) in [4.78, 5) is 24.6. The molecule has 25 heavy (non-hydrogen) atoms. The van der Waals surface area contributed by atoms with Gasteiger partial charge in [0.2, 0.25) is 5.91 Å². The third kappa shape index (κ3) is 5.95. The second-order valence-electron chi connectivity index (χ2n) is 5.40. The molecule has 0 aliphatic heterocycles. The van der Waals surface area contributed by atoms with E-state index in [1.165, 1.54) is 4.90 Å². The molecule has 2 rings (SSSR count). The number of nitrogens with zero attached hydrogens (tertiary/aromatic N) is 1. The van der Waals surface area contributed by atoms with Gasteiger partial charge in [0.1, 0.15) is 0 Å². The van der Waals surface area contributed by atoms with Crippen molar-refractivity contribution in [2.75, 3.05) is 6.54 Å². The third-order valence-corrected chi connectivity index (χ3v) is 3.44. The van der Waals surface area contributed by atoms with Gasteiger partial charge in [0, 0.05) is 13.1 Å². The van der Waals surface area contributed by atoms with Gasteiger partial charge in [-0.05, 0) is 11.1 Å². The largest absolute Gasteiger partial charge is 0.471 e. The van der Waals surface area contributed by atoms with Gasteiger partial charge >= 0.3 is 12.1 Å². The Labute approximate surface area is 143 Å². The first-order valence-corrected chi connectivity index (χ1v) is 7.57. The number of carbonyl (C=O) groups is 2. The molecule has 1 N–H and O–H groups in total. The molecule has 0 fully saturated rings. The molecule has 0 radical (unpaired) electrons. The minimum atomic E-state index is -5.01. The Bertz CT molecular complexity index is 662. The van der Waals surface area contributed by atoms with Gasteiger partial charge in [-0.3, -0.25) is 9.59 Å². The highest BCUT2D eigenvalue weighted by atomic mass is 19.4. The van der Waals surface area contributed by atoms with Gasteiger partial charge in [0.25, 0.3) is 0 Å². The topological polar surface area (TPSA) is 49.4 Å². The Kier molecular flexibility index (Phi) is 6.16. The maximum absolute atomic E-state index is 12.3. The first-order valence-electron chi connectivity index (χ1n) is 7.57. The highest BCUT2D eigenvalue weighted by Crippen LogP contribution is 2.14. The van der Waals surface area contributed by atoms with Gasteiger partial charge in [0.15, 0.2) is 0 Å². The molecule has 132 valence electrons. The highest BCUT2D eigenvalue weighted by Gasteiger charge is 2.38. The van der Waals surface area contributed by atoms with Gasteiger partial charge in [-0.15, -0.1) is 0 Å². The van der Waals surface area contributed by atoms with Crippen LogP contribution in [0, 0.1) is 0 Å². The van der Waals surface area contributed by atoms with E-state index in [-0.39, 0.29) is 13.1 Å². The number of halogens is 3. The molecule has 0 aliphatic rings. The molecular formula is C18H17F3N2O2. The van der Waals surface area contributed by atoms with Crippen molar-refractivity contribution in [1.29, 1.82) is 0 Å². The Hall–Kier alpha value is -2.83. The van der Waals surface area contributed by atoms with Crippen molar-refractivity contribution in [3.63, 3.8) is 0 Å². The summed E-state index contributed by atoms with van der Waals surface area (Å²) in [6.45, 7) is -0.245. The van der Waals surface area contributed by atoms with Crippen LogP contribution >= 0.6 is 0 Å². The number of rotatable bonds is 6. The summed E-state index contributed by atoms with van der Waals surface area (Å²) < 4.78 is 36.8. The number of hydrogen-bond acceptors (Lipinski definition) is 2. The smallest absolute Gasteiger partial charge is 0.339 e. The standard InChI is InChI=1S/C18H17F3N2O2/c19-18(20,21)17(25)22-11-16(24)23(12-14-7-3-1-4-8-14)13-15-9-5-2-6-10-15/h1-10H,11-13H2,(H,22,25). The molecule has 2 aromatic carbocycles. The minimum Gasteiger partial charge on any atom is -0.339 e. The van der Waals surface area contributed by atoms with Crippen LogP contribution in [0.15, 0.2) is 60.7 Å². The van der Waals surface area contributed by atoms with Crippen molar-refractivity contribution in [2.45, 2.75) is 19.3 Å². The van der Waals surface area contributed by atoms with Crippen molar-refractivity contribution in [1.82, 2.24) is 10.2 Å². The summed E-state index contributed by atoms with van der Waals surface area (Å²) in [6.07, 6.45) is -5.01. The molecule has 0 saturated carbocycles. The maximum atomic E-state index is 12.3. The van der Waals surface area contributed by atoms with Crippen molar-refractivity contribution in [2.24, 2.45) is 0 Å². The minimum absolute atomic E-state index is 0.233. The molecule has 0 heterocycles. The Morgan fingerprint density at radius 3 is 1.68 bits per heavy atom. The molecule has 0 aliphatic carbocycles. The molecule has 0 unspecified atom stereocenters. The summed E-state index contributed by atoms with van der Waals surface area (Å²) in [6, 6.07) is 18.2. The Balaban J connectivity index is 2.07. The van der Waals surface area contributed by atoms with Crippen molar-refractivity contribution >= 4 is 11.8 Å². The predicted octanol–water partition coefficient (Wildman–Crippen LogP) is 2.89. The Morgan fingerprint density at radius 1 is 0.840 bits per heavy atom. The molecule has 7 heteroatoms. The molecule has 2 aromatic rings. The average molecular weight is 350 g/mol. The van der Waals surface area contributed by atoms with E-state index in [9.17, 15) is 22.8 Å². The third-order valence-electron chi connectivity index (χ3n) is 3.44. The highest BCUT2D eigenvalue weighted by molar-refractivity contribution is 5.87. The summed E-state index contributed by atoms with van der Waals surface area (Å²) in [5.74, 6) is -2.72. The van der Waals surface area contributed by atoms with Crippen LogP contribution in [0.1, 0.15) is 11.1 Å². The second kappa shape index (κ2) is 8.32. The number of nitrogens with one attached hydrogen (secondary N) is 1. The first-order chi connectivity index (χ1) is 11.9. The molecule has 4 nitrogen and oxygen atoms in total. The summed E-state index contributed by atoms with van der Waals surface area (Å²) in [7, 11) is 0. The van der Waals surface area contributed by atoms with Crippen LogP contribution in [-0.4, -0.2) is 29.4 Å². The summed E-state index contributed by atoms with van der Waals surface area (Å²) >= 11 is 0. The second-order valence-corrected chi connectivity index (χ2v) is 5.40.